The Balaban J connectivity index is 3.05. The number of carbonyl (C=O) groups is 1. The van der Waals surface area contributed by atoms with Crippen LogP contribution in [0.5, 0.6) is 0 Å². The van der Waals surface area contributed by atoms with Crippen molar-refractivity contribution in [3.63, 3.8) is 0 Å². The molecule has 4 heteroatoms. The van der Waals surface area contributed by atoms with Gasteiger partial charge in [-0.25, -0.2) is 0 Å². The fourth-order valence-corrected chi connectivity index (χ4v) is 0.853. The number of aliphatic hydroxyl groups excluding tert-OH is 1. The lowest BCUT2D eigenvalue weighted by Crippen LogP contribution is -2.26. The quantitative estimate of drug-likeness (QED) is 0.554. The predicted octanol–water partition coefficient (Wildman–Crippen LogP) is -0.152. The molecule has 0 saturated heterocycles. The minimum atomic E-state index is 0.0425. The fraction of sp³-hybridized carbons (Fsp3) is 0.833. The van der Waals surface area contributed by atoms with Crippen molar-refractivity contribution in [3.8, 4) is 0 Å². The van der Waals surface area contributed by atoms with Gasteiger partial charge in [0.2, 0.25) is 5.91 Å². The lowest BCUT2D eigenvalue weighted by Gasteiger charge is -2.00. The molecule has 60 valence electrons. The summed E-state index contributed by atoms with van der Waals surface area (Å²) in [6.45, 7) is 0.718. The molecule has 0 aromatic rings. The lowest BCUT2D eigenvalue weighted by molar-refractivity contribution is -0.118. The largest absolute Gasteiger partial charge is 0.396 e. The number of thioether (sulfide) groups is 1. The molecule has 0 heterocycles. The zero-order valence-corrected chi connectivity index (χ0v) is 6.91. The maximum Gasteiger partial charge on any atom is 0.229 e. The molecule has 0 aromatic heterocycles. The van der Waals surface area contributed by atoms with Gasteiger partial charge in [0, 0.05) is 13.2 Å². The molecular formula is C6H13NO2S. The van der Waals surface area contributed by atoms with Crippen molar-refractivity contribution in [1.29, 1.82) is 0 Å². The molecule has 0 rings (SSSR count). The second-order valence-corrected chi connectivity index (χ2v) is 2.73. The van der Waals surface area contributed by atoms with E-state index in [-0.39, 0.29) is 12.5 Å². The molecule has 0 atom stereocenters. The summed E-state index contributed by atoms with van der Waals surface area (Å²) in [6.07, 6.45) is 2.52. The third-order valence-corrected chi connectivity index (χ3v) is 1.48. The van der Waals surface area contributed by atoms with Gasteiger partial charge in [0.05, 0.1) is 5.75 Å². The highest BCUT2D eigenvalue weighted by molar-refractivity contribution is 7.99. The van der Waals surface area contributed by atoms with Crippen LogP contribution in [0.1, 0.15) is 6.42 Å². The van der Waals surface area contributed by atoms with E-state index in [1.54, 1.807) is 0 Å². The van der Waals surface area contributed by atoms with Gasteiger partial charge in [-0.2, -0.15) is 11.8 Å². The first kappa shape index (κ1) is 9.78. The van der Waals surface area contributed by atoms with Crippen LogP contribution >= 0.6 is 11.8 Å². The Morgan fingerprint density at radius 2 is 2.40 bits per heavy atom. The van der Waals surface area contributed by atoms with E-state index >= 15 is 0 Å². The molecule has 0 unspecified atom stereocenters. The Kier molecular flexibility index (Phi) is 6.74. The molecule has 10 heavy (non-hydrogen) atoms. The first-order valence-corrected chi connectivity index (χ1v) is 4.57. The van der Waals surface area contributed by atoms with Crippen LogP contribution in [0, 0.1) is 0 Å². The van der Waals surface area contributed by atoms with E-state index in [4.69, 9.17) is 5.11 Å². The highest BCUT2D eigenvalue weighted by Gasteiger charge is 1.95. The van der Waals surface area contributed by atoms with Crippen LogP contribution in [-0.2, 0) is 4.79 Å². The molecule has 0 spiro atoms. The van der Waals surface area contributed by atoms with E-state index in [1.807, 2.05) is 6.26 Å². The van der Waals surface area contributed by atoms with Crippen molar-refractivity contribution in [2.24, 2.45) is 0 Å². The molecule has 0 bridgehead atoms. The molecule has 3 nitrogen and oxygen atoms in total. The first-order chi connectivity index (χ1) is 4.81. The van der Waals surface area contributed by atoms with E-state index in [9.17, 15) is 4.79 Å². The molecule has 0 fully saturated rings. The van der Waals surface area contributed by atoms with Crippen molar-refractivity contribution in [2.45, 2.75) is 6.42 Å². The molecule has 0 saturated carbocycles. The van der Waals surface area contributed by atoms with Gasteiger partial charge < -0.3 is 10.4 Å². The van der Waals surface area contributed by atoms with Gasteiger partial charge in [0.25, 0.3) is 0 Å². The van der Waals surface area contributed by atoms with Gasteiger partial charge in [-0.05, 0) is 12.7 Å². The number of rotatable bonds is 5. The summed E-state index contributed by atoms with van der Waals surface area (Å²) in [5.74, 6) is 0.548. The predicted molar refractivity (Wildman–Crippen MR) is 43.1 cm³/mol. The van der Waals surface area contributed by atoms with Crippen LogP contribution in [0.15, 0.2) is 0 Å². The van der Waals surface area contributed by atoms with Crippen LogP contribution in [0.2, 0.25) is 0 Å². The maximum atomic E-state index is 10.7. The highest BCUT2D eigenvalue weighted by Crippen LogP contribution is 1.88. The summed E-state index contributed by atoms with van der Waals surface area (Å²) in [5.41, 5.74) is 0. The third kappa shape index (κ3) is 5.91. The Hall–Kier alpha value is -0.220. The maximum absolute atomic E-state index is 10.7. The van der Waals surface area contributed by atoms with E-state index in [0.29, 0.717) is 18.7 Å². The molecule has 2 N–H and O–H groups in total. The minimum absolute atomic E-state index is 0.0425. The number of hydrogen-bond donors (Lipinski definition) is 2. The molecule has 1 amide bonds. The summed E-state index contributed by atoms with van der Waals surface area (Å²) in [4.78, 5) is 10.7. The second-order valence-electron chi connectivity index (χ2n) is 1.86. The average Bonchev–Trinajstić information content (AvgIpc) is 1.89. The number of carbonyl (C=O) groups excluding carboxylic acids is 1. The van der Waals surface area contributed by atoms with Gasteiger partial charge in [0.1, 0.15) is 0 Å². The first-order valence-electron chi connectivity index (χ1n) is 3.17. The van der Waals surface area contributed by atoms with Crippen LogP contribution in [0.4, 0.5) is 0 Å². The Bertz CT molecular complexity index is 97.7. The summed E-state index contributed by atoms with van der Waals surface area (Å²) < 4.78 is 0. The van der Waals surface area contributed by atoms with E-state index in [0.717, 1.165) is 0 Å². The van der Waals surface area contributed by atoms with Crippen LogP contribution in [-0.4, -0.2) is 36.2 Å². The number of amides is 1. The van der Waals surface area contributed by atoms with Crippen molar-refractivity contribution in [1.82, 2.24) is 5.32 Å². The normalized spacial score (nSPS) is 9.40. The van der Waals surface area contributed by atoms with E-state index in [1.165, 1.54) is 11.8 Å². The summed E-state index contributed by atoms with van der Waals surface area (Å²) in [7, 11) is 0. The summed E-state index contributed by atoms with van der Waals surface area (Å²) in [6, 6.07) is 0. The van der Waals surface area contributed by atoms with Gasteiger partial charge in [-0.1, -0.05) is 0 Å². The molecular weight excluding hydrogens is 150 g/mol. The van der Waals surface area contributed by atoms with Gasteiger partial charge in [-0.15, -0.1) is 0 Å². The summed E-state index contributed by atoms with van der Waals surface area (Å²) in [5, 5.41) is 11.0. The fourth-order valence-electron chi connectivity index (χ4n) is 0.489. The second kappa shape index (κ2) is 6.89. The zero-order valence-electron chi connectivity index (χ0n) is 6.09. The molecule has 0 aliphatic heterocycles. The van der Waals surface area contributed by atoms with E-state index < -0.39 is 0 Å². The van der Waals surface area contributed by atoms with E-state index in [2.05, 4.69) is 5.32 Å². The molecule has 0 aromatic carbocycles. The topological polar surface area (TPSA) is 49.3 Å². The smallest absolute Gasteiger partial charge is 0.229 e. The van der Waals surface area contributed by atoms with Crippen molar-refractivity contribution >= 4 is 17.7 Å². The third-order valence-electron chi connectivity index (χ3n) is 0.932. The minimum Gasteiger partial charge on any atom is -0.396 e. The van der Waals surface area contributed by atoms with Crippen molar-refractivity contribution < 1.29 is 9.90 Å². The van der Waals surface area contributed by atoms with Crippen LogP contribution in [0.25, 0.3) is 0 Å². The van der Waals surface area contributed by atoms with Crippen LogP contribution in [0.3, 0.4) is 0 Å². The zero-order chi connectivity index (χ0) is 7.82. The van der Waals surface area contributed by atoms with Crippen molar-refractivity contribution in [3.05, 3.63) is 0 Å². The van der Waals surface area contributed by atoms with Gasteiger partial charge >= 0.3 is 0 Å². The number of aliphatic hydroxyl groups is 1. The standard InChI is InChI=1S/C6H13NO2S/c1-10-5-6(9)7-3-2-4-8/h8H,2-5H2,1H3,(H,7,9). The van der Waals surface area contributed by atoms with Crippen molar-refractivity contribution in [2.75, 3.05) is 25.2 Å². The number of hydrogen-bond acceptors (Lipinski definition) is 3. The average molecular weight is 163 g/mol. The Morgan fingerprint density at radius 1 is 1.70 bits per heavy atom. The monoisotopic (exact) mass is 163 g/mol. The highest BCUT2D eigenvalue weighted by atomic mass is 32.2. The Labute approximate surface area is 65.2 Å². The van der Waals surface area contributed by atoms with Gasteiger partial charge in [0.15, 0.2) is 0 Å². The van der Waals surface area contributed by atoms with Crippen LogP contribution < -0.4 is 5.32 Å². The van der Waals surface area contributed by atoms with Gasteiger partial charge in [-0.3, -0.25) is 4.79 Å². The lowest BCUT2D eigenvalue weighted by atomic mass is 10.4. The molecule has 0 aliphatic carbocycles. The molecule has 0 aliphatic rings. The molecule has 0 radical (unpaired) electrons. The SMILES string of the molecule is CSCC(=O)NCCCO. The number of nitrogens with one attached hydrogen (secondary N) is 1. The summed E-state index contributed by atoms with van der Waals surface area (Å²) >= 11 is 1.49. The Morgan fingerprint density at radius 3 is 2.90 bits per heavy atom.